The highest BCUT2D eigenvalue weighted by atomic mass is 35.5. The number of halogens is 1. The minimum Gasteiger partial charge on any atom is -0.375 e. The molecule has 2 aliphatic rings. The van der Waals surface area contributed by atoms with Crippen LogP contribution in [0.1, 0.15) is 25.7 Å². The molecule has 1 aromatic rings. The summed E-state index contributed by atoms with van der Waals surface area (Å²) in [5.74, 6) is 0.260. The van der Waals surface area contributed by atoms with E-state index in [1.165, 1.54) is 0 Å². The average Bonchev–Trinajstić information content (AvgIpc) is 3.38. The van der Waals surface area contributed by atoms with Gasteiger partial charge < -0.3 is 15.5 Å². The van der Waals surface area contributed by atoms with E-state index in [0.29, 0.717) is 24.2 Å². The second-order valence-electron chi connectivity index (χ2n) is 6.27. The van der Waals surface area contributed by atoms with E-state index in [2.05, 4.69) is 10.6 Å². The lowest BCUT2D eigenvalue weighted by atomic mass is 9.96. The zero-order valence-electron chi connectivity index (χ0n) is 13.1. The molecule has 1 heterocycles. The Balaban J connectivity index is 1.42. The summed E-state index contributed by atoms with van der Waals surface area (Å²) in [7, 11) is 0. The van der Waals surface area contributed by atoms with Crippen LogP contribution < -0.4 is 10.6 Å². The minimum atomic E-state index is 0.0472. The summed E-state index contributed by atoms with van der Waals surface area (Å²) in [5.41, 5.74) is 0.765. The number of hydrogen-bond acceptors (Lipinski definition) is 3. The maximum absolute atomic E-state index is 12.3. The van der Waals surface area contributed by atoms with Gasteiger partial charge in [-0.2, -0.15) is 0 Å². The van der Waals surface area contributed by atoms with Gasteiger partial charge in [-0.3, -0.25) is 9.59 Å². The van der Waals surface area contributed by atoms with Crippen LogP contribution >= 0.6 is 11.6 Å². The average molecular weight is 336 g/mol. The van der Waals surface area contributed by atoms with Crippen LogP contribution in [-0.2, 0) is 9.59 Å². The Hall–Kier alpha value is -1.75. The third-order valence-electron chi connectivity index (χ3n) is 4.45. The maximum atomic E-state index is 12.3. The molecule has 0 aromatic heterocycles. The van der Waals surface area contributed by atoms with E-state index in [-0.39, 0.29) is 24.3 Å². The lowest BCUT2D eigenvalue weighted by molar-refractivity contribution is -0.134. The van der Waals surface area contributed by atoms with Gasteiger partial charge in [-0.15, -0.1) is 0 Å². The predicted molar refractivity (Wildman–Crippen MR) is 90.4 cm³/mol. The fourth-order valence-corrected chi connectivity index (χ4v) is 3.03. The molecule has 1 aliphatic heterocycles. The first kappa shape index (κ1) is 16.1. The van der Waals surface area contributed by atoms with E-state index >= 15 is 0 Å². The number of nitrogens with zero attached hydrogens (tertiary/aromatic N) is 1. The number of benzene rings is 1. The molecule has 2 amide bonds. The third-order valence-corrected chi connectivity index (χ3v) is 4.78. The van der Waals surface area contributed by atoms with Gasteiger partial charge >= 0.3 is 0 Å². The lowest BCUT2D eigenvalue weighted by Gasteiger charge is -2.31. The number of anilines is 1. The predicted octanol–water partition coefficient (Wildman–Crippen LogP) is 2.27. The van der Waals surface area contributed by atoms with Gasteiger partial charge in [0.05, 0.1) is 17.3 Å². The number of nitrogens with one attached hydrogen (secondary N) is 2. The fraction of sp³-hybridized carbons (Fsp3) is 0.529. The van der Waals surface area contributed by atoms with Gasteiger partial charge in [0.25, 0.3) is 0 Å². The van der Waals surface area contributed by atoms with E-state index in [1.807, 2.05) is 23.1 Å². The summed E-state index contributed by atoms with van der Waals surface area (Å²) in [6.45, 7) is 1.51. The van der Waals surface area contributed by atoms with E-state index in [4.69, 9.17) is 11.6 Å². The van der Waals surface area contributed by atoms with Gasteiger partial charge in [-0.1, -0.05) is 23.7 Å². The molecule has 1 aliphatic carbocycles. The van der Waals surface area contributed by atoms with E-state index in [1.54, 1.807) is 6.07 Å². The summed E-state index contributed by atoms with van der Waals surface area (Å²) >= 11 is 6.06. The van der Waals surface area contributed by atoms with Crippen molar-refractivity contribution in [2.24, 2.45) is 5.92 Å². The Morgan fingerprint density at radius 2 is 1.83 bits per heavy atom. The molecular weight excluding hydrogens is 314 g/mol. The largest absolute Gasteiger partial charge is 0.375 e. The summed E-state index contributed by atoms with van der Waals surface area (Å²) in [4.78, 5) is 26.1. The van der Waals surface area contributed by atoms with Crippen molar-refractivity contribution in [3.05, 3.63) is 29.3 Å². The number of likely N-dealkylation sites (tertiary alicyclic amines) is 1. The molecule has 1 aromatic carbocycles. The smallest absolute Gasteiger partial charge is 0.241 e. The van der Waals surface area contributed by atoms with Crippen molar-refractivity contribution in [1.82, 2.24) is 10.2 Å². The number of rotatable bonds is 5. The highest BCUT2D eigenvalue weighted by Crippen LogP contribution is 2.23. The van der Waals surface area contributed by atoms with Gasteiger partial charge in [0, 0.05) is 25.0 Å². The second kappa shape index (κ2) is 7.21. The van der Waals surface area contributed by atoms with Crippen LogP contribution in [-0.4, -0.2) is 42.4 Å². The van der Waals surface area contributed by atoms with Crippen LogP contribution in [0.5, 0.6) is 0 Å². The zero-order valence-corrected chi connectivity index (χ0v) is 13.8. The molecule has 1 saturated heterocycles. The Kier molecular flexibility index (Phi) is 5.06. The molecule has 0 unspecified atom stereocenters. The summed E-state index contributed by atoms with van der Waals surface area (Å²) < 4.78 is 0. The monoisotopic (exact) mass is 335 g/mol. The first-order chi connectivity index (χ1) is 11.1. The molecule has 1 saturated carbocycles. The highest BCUT2D eigenvalue weighted by molar-refractivity contribution is 6.33. The van der Waals surface area contributed by atoms with Crippen molar-refractivity contribution < 1.29 is 9.59 Å². The van der Waals surface area contributed by atoms with Crippen molar-refractivity contribution >= 4 is 29.1 Å². The second-order valence-corrected chi connectivity index (χ2v) is 6.68. The topological polar surface area (TPSA) is 61.4 Å². The minimum absolute atomic E-state index is 0.0472. The Morgan fingerprint density at radius 3 is 2.48 bits per heavy atom. The number of para-hydroxylation sites is 1. The molecule has 5 nitrogen and oxygen atoms in total. The van der Waals surface area contributed by atoms with Gasteiger partial charge in [0.1, 0.15) is 0 Å². The molecule has 0 radical (unpaired) electrons. The van der Waals surface area contributed by atoms with Crippen LogP contribution in [0.2, 0.25) is 5.02 Å². The van der Waals surface area contributed by atoms with Crippen LogP contribution in [0, 0.1) is 5.92 Å². The number of amides is 2. The molecule has 3 rings (SSSR count). The number of piperidine rings is 1. The number of carbonyl (C=O) groups excluding carboxylic acids is 2. The van der Waals surface area contributed by atoms with Gasteiger partial charge in [0.15, 0.2) is 0 Å². The quantitative estimate of drug-likeness (QED) is 0.867. The molecule has 0 bridgehead atoms. The van der Waals surface area contributed by atoms with Crippen LogP contribution in [0.4, 0.5) is 5.69 Å². The Labute approximate surface area is 141 Å². The summed E-state index contributed by atoms with van der Waals surface area (Å²) in [6, 6.07) is 7.78. The Bertz CT molecular complexity index is 581. The molecule has 23 heavy (non-hydrogen) atoms. The molecule has 124 valence electrons. The van der Waals surface area contributed by atoms with Crippen molar-refractivity contribution in [1.29, 1.82) is 0 Å². The van der Waals surface area contributed by atoms with Crippen LogP contribution in [0.25, 0.3) is 0 Å². The molecule has 6 heteroatoms. The van der Waals surface area contributed by atoms with Crippen LogP contribution in [0.3, 0.4) is 0 Å². The van der Waals surface area contributed by atoms with Crippen molar-refractivity contribution in [2.45, 2.75) is 31.7 Å². The van der Waals surface area contributed by atoms with Gasteiger partial charge in [0.2, 0.25) is 11.8 Å². The van der Waals surface area contributed by atoms with Crippen molar-refractivity contribution in [3.8, 4) is 0 Å². The summed E-state index contributed by atoms with van der Waals surface area (Å²) in [5, 5.41) is 6.73. The van der Waals surface area contributed by atoms with E-state index < -0.39 is 0 Å². The lowest BCUT2D eigenvalue weighted by Crippen LogP contribution is -2.45. The fourth-order valence-electron chi connectivity index (χ4n) is 2.82. The number of carbonyl (C=O) groups is 2. The normalized spacial score (nSPS) is 18.6. The first-order valence-electron chi connectivity index (χ1n) is 8.20. The van der Waals surface area contributed by atoms with Crippen molar-refractivity contribution in [3.63, 3.8) is 0 Å². The standard InChI is InChI=1S/C17H22ClN3O2/c18-14-3-1-2-4-15(14)19-11-16(22)21-9-7-12(8-10-21)17(23)20-13-5-6-13/h1-4,12-13,19H,5-11H2,(H,20,23). The van der Waals surface area contributed by atoms with Gasteiger partial charge in [-0.25, -0.2) is 0 Å². The zero-order chi connectivity index (χ0) is 16.2. The molecule has 0 atom stereocenters. The highest BCUT2D eigenvalue weighted by Gasteiger charge is 2.30. The van der Waals surface area contributed by atoms with Crippen LogP contribution in [0.15, 0.2) is 24.3 Å². The SMILES string of the molecule is O=C(NC1CC1)C1CCN(C(=O)CNc2ccccc2Cl)CC1. The Morgan fingerprint density at radius 1 is 1.13 bits per heavy atom. The molecule has 2 fully saturated rings. The maximum Gasteiger partial charge on any atom is 0.241 e. The molecular formula is C17H22ClN3O2. The van der Waals surface area contributed by atoms with Crippen molar-refractivity contribution in [2.75, 3.05) is 25.0 Å². The summed E-state index contributed by atoms with van der Waals surface area (Å²) in [6.07, 6.45) is 3.71. The molecule has 0 spiro atoms. The molecule has 2 N–H and O–H groups in total. The number of hydrogen-bond donors (Lipinski definition) is 2. The van der Waals surface area contributed by atoms with E-state index in [9.17, 15) is 9.59 Å². The third kappa shape index (κ3) is 4.38. The van der Waals surface area contributed by atoms with Gasteiger partial charge in [-0.05, 0) is 37.8 Å². The first-order valence-corrected chi connectivity index (χ1v) is 8.58. The van der Waals surface area contributed by atoms with E-state index in [0.717, 1.165) is 31.4 Å².